The quantitative estimate of drug-likeness (QED) is 0.762. The molecule has 1 N–H and O–H groups in total. The summed E-state index contributed by atoms with van der Waals surface area (Å²) in [6.45, 7) is 15.4. The molecule has 2 nitrogen and oxygen atoms in total. The predicted octanol–water partition coefficient (Wildman–Crippen LogP) is 3.98. The number of aryl methyl sites for hydroxylation is 1. The van der Waals surface area contributed by atoms with Crippen molar-refractivity contribution >= 4 is 5.69 Å². The molecule has 0 atom stereocenters. The summed E-state index contributed by atoms with van der Waals surface area (Å²) in [4.78, 5) is 2.44. The maximum Gasteiger partial charge on any atom is 0.0368 e. The average Bonchev–Trinajstić information content (AvgIpc) is 2.37. The molecule has 0 spiro atoms. The standard InChI is InChI=1S/C17H30N2/c1-6-10-19(7-2)17-9-8-16(15(5)11-17)13-18-12-14(3)4/h8-9,11,14,18H,6-7,10,12-13H2,1-5H3. The molecule has 0 radical (unpaired) electrons. The van der Waals surface area contributed by atoms with Gasteiger partial charge in [0, 0.05) is 25.3 Å². The van der Waals surface area contributed by atoms with E-state index in [1.807, 2.05) is 0 Å². The maximum absolute atomic E-state index is 3.52. The summed E-state index contributed by atoms with van der Waals surface area (Å²) in [5.74, 6) is 0.708. The lowest BCUT2D eigenvalue weighted by molar-refractivity contribution is 0.551. The van der Waals surface area contributed by atoms with Crippen LogP contribution >= 0.6 is 0 Å². The Labute approximate surface area is 119 Å². The number of rotatable bonds is 8. The molecule has 108 valence electrons. The first-order valence-electron chi connectivity index (χ1n) is 7.63. The molecule has 0 saturated carbocycles. The van der Waals surface area contributed by atoms with Gasteiger partial charge in [0.2, 0.25) is 0 Å². The first kappa shape index (κ1) is 16.0. The van der Waals surface area contributed by atoms with Gasteiger partial charge in [0.25, 0.3) is 0 Å². The van der Waals surface area contributed by atoms with E-state index in [0.717, 1.165) is 26.2 Å². The SMILES string of the molecule is CCCN(CC)c1ccc(CNCC(C)C)c(C)c1. The lowest BCUT2D eigenvalue weighted by atomic mass is 10.1. The number of hydrogen-bond donors (Lipinski definition) is 1. The Hall–Kier alpha value is -1.02. The van der Waals surface area contributed by atoms with Crippen molar-refractivity contribution in [2.75, 3.05) is 24.5 Å². The van der Waals surface area contributed by atoms with Crippen molar-refractivity contribution in [2.45, 2.75) is 47.6 Å². The van der Waals surface area contributed by atoms with Gasteiger partial charge in [-0.1, -0.05) is 26.8 Å². The molecule has 19 heavy (non-hydrogen) atoms. The highest BCUT2D eigenvalue weighted by Crippen LogP contribution is 2.19. The van der Waals surface area contributed by atoms with E-state index < -0.39 is 0 Å². The van der Waals surface area contributed by atoms with Crippen LogP contribution in [0.2, 0.25) is 0 Å². The third-order valence-electron chi connectivity index (χ3n) is 3.43. The van der Waals surface area contributed by atoms with Gasteiger partial charge in [-0.3, -0.25) is 0 Å². The van der Waals surface area contributed by atoms with Crippen LogP contribution in [0.5, 0.6) is 0 Å². The number of hydrogen-bond acceptors (Lipinski definition) is 2. The Morgan fingerprint density at radius 1 is 1.21 bits per heavy atom. The summed E-state index contributed by atoms with van der Waals surface area (Å²) in [7, 11) is 0. The van der Waals surface area contributed by atoms with Gasteiger partial charge in [0.05, 0.1) is 0 Å². The van der Waals surface area contributed by atoms with Crippen molar-refractivity contribution in [3.63, 3.8) is 0 Å². The van der Waals surface area contributed by atoms with Gasteiger partial charge in [-0.15, -0.1) is 0 Å². The molecule has 0 aromatic heterocycles. The second-order valence-corrected chi connectivity index (χ2v) is 5.72. The third-order valence-corrected chi connectivity index (χ3v) is 3.43. The molecule has 0 aliphatic carbocycles. The van der Waals surface area contributed by atoms with Gasteiger partial charge in [-0.25, -0.2) is 0 Å². The Bertz CT molecular complexity index is 372. The molecule has 1 aromatic carbocycles. The second kappa shape index (κ2) is 8.21. The molecule has 1 rings (SSSR count). The van der Waals surface area contributed by atoms with Gasteiger partial charge in [0.1, 0.15) is 0 Å². The van der Waals surface area contributed by atoms with E-state index in [9.17, 15) is 0 Å². The van der Waals surface area contributed by atoms with Gasteiger partial charge in [-0.05, 0) is 56.0 Å². The normalized spacial score (nSPS) is 11.1. The zero-order valence-corrected chi connectivity index (χ0v) is 13.3. The second-order valence-electron chi connectivity index (χ2n) is 5.72. The fraction of sp³-hybridized carbons (Fsp3) is 0.647. The monoisotopic (exact) mass is 262 g/mol. The van der Waals surface area contributed by atoms with Gasteiger partial charge in [0.15, 0.2) is 0 Å². The summed E-state index contributed by atoms with van der Waals surface area (Å²) in [6.07, 6.45) is 1.20. The number of anilines is 1. The highest BCUT2D eigenvalue weighted by Gasteiger charge is 2.05. The first-order valence-corrected chi connectivity index (χ1v) is 7.63. The van der Waals surface area contributed by atoms with Crippen LogP contribution in [0.25, 0.3) is 0 Å². The predicted molar refractivity (Wildman–Crippen MR) is 85.9 cm³/mol. The van der Waals surface area contributed by atoms with Gasteiger partial charge >= 0.3 is 0 Å². The molecule has 0 aliphatic rings. The van der Waals surface area contributed by atoms with E-state index in [1.54, 1.807) is 0 Å². The molecule has 0 aliphatic heterocycles. The minimum absolute atomic E-state index is 0.708. The van der Waals surface area contributed by atoms with E-state index in [4.69, 9.17) is 0 Å². The van der Waals surface area contributed by atoms with Crippen molar-refractivity contribution in [1.82, 2.24) is 5.32 Å². The van der Waals surface area contributed by atoms with E-state index in [1.165, 1.54) is 23.2 Å². The van der Waals surface area contributed by atoms with Crippen LogP contribution in [-0.4, -0.2) is 19.6 Å². The molecular formula is C17H30N2. The van der Waals surface area contributed by atoms with Crippen LogP contribution in [0.4, 0.5) is 5.69 Å². The molecule has 1 aromatic rings. The highest BCUT2D eigenvalue weighted by atomic mass is 15.1. The maximum atomic E-state index is 3.52. The zero-order chi connectivity index (χ0) is 14.3. The smallest absolute Gasteiger partial charge is 0.0368 e. The summed E-state index contributed by atoms with van der Waals surface area (Å²) in [5, 5.41) is 3.52. The average molecular weight is 262 g/mol. The Morgan fingerprint density at radius 2 is 1.95 bits per heavy atom. The minimum atomic E-state index is 0.708. The topological polar surface area (TPSA) is 15.3 Å². The highest BCUT2D eigenvalue weighted by molar-refractivity contribution is 5.50. The van der Waals surface area contributed by atoms with Crippen LogP contribution in [0.15, 0.2) is 18.2 Å². The van der Waals surface area contributed by atoms with Crippen LogP contribution in [0.1, 0.15) is 45.2 Å². The fourth-order valence-corrected chi connectivity index (χ4v) is 2.31. The minimum Gasteiger partial charge on any atom is -0.372 e. The molecule has 0 fully saturated rings. The zero-order valence-electron chi connectivity index (χ0n) is 13.3. The van der Waals surface area contributed by atoms with Crippen LogP contribution in [-0.2, 0) is 6.54 Å². The van der Waals surface area contributed by atoms with E-state index >= 15 is 0 Å². The van der Waals surface area contributed by atoms with Crippen molar-refractivity contribution in [3.8, 4) is 0 Å². The number of nitrogens with zero attached hydrogens (tertiary/aromatic N) is 1. The van der Waals surface area contributed by atoms with Gasteiger partial charge < -0.3 is 10.2 Å². The lowest BCUT2D eigenvalue weighted by Crippen LogP contribution is -2.24. The van der Waals surface area contributed by atoms with Gasteiger partial charge in [-0.2, -0.15) is 0 Å². The molecule has 0 unspecified atom stereocenters. The Kier molecular flexibility index (Phi) is 6.93. The number of benzene rings is 1. The summed E-state index contributed by atoms with van der Waals surface area (Å²) in [6, 6.07) is 6.86. The van der Waals surface area contributed by atoms with Crippen molar-refractivity contribution < 1.29 is 0 Å². The number of nitrogens with one attached hydrogen (secondary N) is 1. The third kappa shape index (κ3) is 5.23. The molecule has 0 heterocycles. The van der Waals surface area contributed by atoms with Crippen molar-refractivity contribution in [3.05, 3.63) is 29.3 Å². The first-order chi connectivity index (χ1) is 9.08. The molecule has 0 saturated heterocycles. The summed E-state index contributed by atoms with van der Waals surface area (Å²) in [5.41, 5.74) is 4.16. The van der Waals surface area contributed by atoms with E-state index in [-0.39, 0.29) is 0 Å². The van der Waals surface area contributed by atoms with Crippen molar-refractivity contribution in [1.29, 1.82) is 0 Å². The molecule has 0 amide bonds. The summed E-state index contributed by atoms with van der Waals surface area (Å²) < 4.78 is 0. The van der Waals surface area contributed by atoms with Crippen LogP contribution in [0.3, 0.4) is 0 Å². The Morgan fingerprint density at radius 3 is 2.47 bits per heavy atom. The molecule has 0 bridgehead atoms. The molecular weight excluding hydrogens is 232 g/mol. The van der Waals surface area contributed by atoms with Crippen molar-refractivity contribution in [2.24, 2.45) is 5.92 Å². The van der Waals surface area contributed by atoms with E-state index in [0.29, 0.717) is 5.92 Å². The van der Waals surface area contributed by atoms with Crippen LogP contribution in [0, 0.1) is 12.8 Å². The van der Waals surface area contributed by atoms with E-state index in [2.05, 4.69) is 63.0 Å². The largest absolute Gasteiger partial charge is 0.372 e. The fourth-order valence-electron chi connectivity index (χ4n) is 2.31. The molecule has 2 heteroatoms. The Balaban J connectivity index is 2.68. The summed E-state index contributed by atoms with van der Waals surface area (Å²) >= 11 is 0. The lowest BCUT2D eigenvalue weighted by Gasteiger charge is -2.23. The van der Waals surface area contributed by atoms with Crippen LogP contribution < -0.4 is 10.2 Å².